The van der Waals surface area contributed by atoms with Crippen LogP contribution < -0.4 is 0 Å². The van der Waals surface area contributed by atoms with Crippen molar-refractivity contribution >= 4 is 0 Å². The number of fused-ring (bicyclic) bond motifs is 1. The smallest absolute Gasteiger partial charge is 0.0813 e. The molecule has 0 aliphatic heterocycles. The lowest BCUT2D eigenvalue weighted by atomic mass is 9.74. The maximum atomic E-state index is 10.3. The quantitative estimate of drug-likeness (QED) is 0.892. The van der Waals surface area contributed by atoms with Gasteiger partial charge in [0.2, 0.25) is 0 Å². The van der Waals surface area contributed by atoms with Crippen molar-refractivity contribution in [1.29, 1.82) is 0 Å². The van der Waals surface area contributed by atoms with E-state index in [2.05, 4.69) is 29.2 Å². The normalized spacial score (nSPS) is 18.9. The third-order valence-electron chi connectivity index (χ3n) is 3.88. The fourth-order valence-electron chi connectivity index (χ4n) is 2.82. The highest BCUT2D eigenvalue weighted by atomic mass is 16.3. The molecule has 0 fully saturated rings. The lowest BCUT2D eigenvalue weighted by Gasteiger charge is -2.31. The molecule has 2 heteroatoms. The number of aromatic nitrogens is 1. The van der Waals surface area contributed by atoms with Crippen LogP contribution >= 0.6 is 0 Å². The summed E-state index contributed by atoms with van der Waals surface area (Å²) in [5, 5.41) is 10.3. The molecule has 1 aromatic heterocycles. The topological polar surface area (TPSA) is 33.1 Å². The molecule has 92 valence electrons. The summed E-state index contributed by atoms with van der Waals surface area (Å²) in [6.07, 6.45) is 3.25. The van der Waals surface area contributed by atoms with Crippen LogP contribution in [0, 0.1) is 6.92 Å². The first-order valence-corrected chi connectivity index (χ1v) is 6.43. The number of pyridine rings is 1. The summed E-state index contributed by atoms with van der Waals surface area (Å²) in [5.41, 5.74) is 4.72. The number of aliphatic hydroxyl groups excluding tert-OH is 1. The van der Waals surface area contributed by atoms with Crippen molar-refractivity contribution in [2.24, 2.45) is 0 Å². The second kappa shape index (κ2) is 4.54. The van der Waals surface area contributed by atoms with E-state index in [0.29, 0.717) is 5.92 Å². The van der Waals surface area contributed by atoms with Gasteiger partial charge in [0.15, 0.2) is 0 Å². The van der Waals surface area contributed by atoms with Crippen molar-refractivity contribution in [3.63, 3.8) is 0 Å². The van der Waals surface area contributed by atoms with E-state index in [9.17, 15) is 5.11 Å². The molecule has 0 saturated heterocycles. The number of nitrogens with zero attached hydrogens (tertiary/aromatic N) is 1. The Bertz CT molecular complexity index is 565. The molecular formula is C16H17NO. The van der Waals surface area contributed by atoms with Gasteiger partial charge in [-0.1, -0.05) is 30.3 Å². The first-order valence-electron chi connectivity index (χ1n) is 6.43. The molecule has 2 atom stereocenters. The molecule has 2 aromatic rings. The van der Waals surface area contributed by atoms with Gasteiger partial charge < -0.3 is 5.11 Å². The molecule has 0 saturated carbocycles. The summed E-state index contributed by atoms with van der Waals surface area (Å²) in [4.78, 5) is 4.24. The van der Waals surface area contributed by atoms with Crippen LogP contribution in [-0.4, -0.2) is 10.1 Å². The summed E-state index contributed by atoms with van der Waals surface area (Å²) in [5.74, 6) is 0.496. The SMILES string of the molecule is Cc1ncccc1C(O)CC1Cc2ccccc21. The fraction of sp³-hybridized carbons (Fsp3) is 0.312. The average Bonchev–Trinajstić information content (AvgIpc) is 2.36. The van der Waals surface area contributed by atoms with Crippen molar-refractivity contribution in [3.05, 3.63) is 65.0 Å². The van der Waals surface area contributed by atoms with Gasteiger partial charge in [-0.25, -0.2) is 0 Å². The van der Waals surface area contributed by atoms with E-state index >= 15 is 0 Å². The van der Waals surface area contributed by atoms with Gasteiger partial charge in [-0.05, 0) is 42.9 Å². The third-order valence-corrected chi connectivity index (χ3v) is 3.88. The number of rotatable bonds is 3. The molecule has 0 amide bonds. The maximum absolute atomic E-state index is 10.3. The van der Waals surface area contributed by atoms with Gasteiger partial charge in [-0.3, -0.25) is 4.98 Å². The molecule has 0 bridgehead atoms. The van der Waals surface area contributed by atoms with Crippen LogP contribution in [0.4, 0.5) is 0 Å². The highest BCUT2D eigenvalue weighted by Gasteiger charge is 2.28. The second-order valence-electron chi connectivity index (χ2n) is 5.03. The minimum atomic E-state index is -0.406. The van der Waals surface area contributed by atoms with Gasteiger partial charge in [0, 0.05) is 17.5 Å². The van der Waals surface area contributed by atoms with Gasteiger partial charge in [0.25, 0.3) is 0 Å². The van der Waals surface area contributed by atoms with Gasteiger partial charge >= 0.3 is 0 Å². The van der Waals surface area contributed by atoms with Gasteiger partial charge in [-0.2, -0.15) is 0 Å². The molecule has 1 N–H and O–H groups in total. The van der Waals surface area contributed by atoms with Crippen molar-refractivity contribution in [3.8, 4) is 0 Å². The first kappa shape index (κ1) is 11.4. The Morgan fingerprint density at radius 2 is 2.11 bits per heavy atom. The van der Waals surface area contributed by atoms with Gasteiger partial charge in [0.05, 0.1) is 6.10 Å². The highest BCUT2D eigenvalue weighted by Crippen LogP contribution is 2.40. The zero-order chi connectivity index (χ0) is 12.5. The zero-order valence-electron chi connectivity index (χ0n) is 10.5. The fourth-order valence-corrected chi connectivity index (χ4v) is 2.82. The van der Waals surface area contributed by atoms with Crippen LogP contribution in [-0.2, 0) is 6.42 Å². The number of aryl methyl sites for hydroxylation is 1. The van der Waals surface area contributed by atoms with E-state index in [1.807, 2.05) is 19.1 Å². The Balaban J connectivity index is 1.74. The maximum Gasteiger partial charge on any atom is 0.0813 e. The Kier molecular flexibility index (Phi) is 2.88. The van der Waals surface area contributed by atoms with Crippen LogP contribution in [0.5, 0.6) is 0 Å². The van der Waals surface area contributed by atoms with E-state index in [0.717, 1.165) is 24.1 Å². The highest BCUT2D eigenvalue weighted by molar-refractivity contribution is 5.40. The lowest BCUT2D eigenvalue weighted by Crippen LogP contribution is -2.19. The largest absolute Gasteiger partial charge is 0.388 e. The third kappa shape index (κ3) is 1.93. The Hall–Kier alpha value is -1.67. The van der Waals surface area contributed by atoms with Gasteiger partial charge in [-0.15, -0.1) is 0 Å². The van der Waals surface area contributed by atoms with E-state index in [1.54, 1.807) is 6.20 Å². The first-order chi connectivity index (χ1) is 8.75. The molecule has 0 radical (unpaired) electrons. The van der Waals surface area contributed by atoms with Crippen molar-refractivity contribution in [1.82, 2.24) is 4.98 Å². The van der Waals surface area contributed by atoms with Crippen LogP contribution in [0.2, 0.25) is 0 Å². The molecule has 18 heavy (non-hydrogen) atoms. The Labute approximate surface area is 107 Å². The Morgan fingerprint density at radius 1 is 1.28 bits per heavy atom. The van der Waals surface area contributed by atoms with E-state index in [-0.39, 0.29) is 0 Å². The molecule has 2 unspecified atom stereocenters. The number of benzene rings is 1. The average molecular weight is 239 g/mol. The molecule has 0 spiro atoms. The molecular weight excluding hydrogens is 222 g/mol. The molecule has 1 aliphatic rings. The summed E-state index contributed by atoms with van der Waals surface area (Å²) in [6, 6.07) is 12.4. The van der Waals surface area contributed by atoms with Crippen LogP contribution in [0.15, 0.2) is 42.6 Å². The van der Waals surface area contributed by atoms with Crippen LogP contribution in [0.3, 0.4) is 0 Å². The summed E-state index contributed by atoms with van der Waals surface area (Å²) in [7, 11) is 0. The standard InChI is InChI=1S/C16H17NO/c1-11-14(7-4-8-17-11)16(18)10-13-9-12-5-2-3-6-15(12)13/h2-8,13,16,18H,9-10H2,1H3. The summed E-state index contributed by atoms with van der Waals surface area (Å²) < 4.78 is 0. The molecule has 1 heterocycles. The predicted octanol–water partition coefficient (Wildman–Crippen LogP) is 3.15. The second-order valence-corrected chi connectivity index (χ2v) is 5.03. The Morgan fingerprint density at radius 3 is 2.89 bits per heavy atom. The summed E-state index contributed by atoms with van der Waals surface area (Å²) >= 11 is 0. The number of hydrogen-bond acceptors (Lipinski definition) is 2. The van der Waals surface area contributed by atoms with E-state index in [4.69, 9.17) is 0 Å². The van der Waals surface area contributed by atoms with Gasteiger partial charge in [0.1, 0.15) is 0 Å². The monoisotopic (exact) mass is 239 g/mol. The predicted molar refractivity (Wildman–Crippen MR) is 71.4 cm³/mol. The molecule has 2 nitrogen and oxygen atoms in total. The van der Waals surface area contributed by atoms with Crippen LogP contribution in [0.1, 0.15) is 40.8 Å². The van der Waals surface area contributed by atoms with Crippen molar-refractivity contribution in [2.45, 2.75) is 31.8 Å². The van der Waals surface area contributed by atoms with E-state index < -0.39 is 6.10 Å². The molecule has 1 aromatic carbocycles. The van der Waals surface area contributed by atoms with Crippen LogP contribution in [0.25, 0.3) is 0 Å². The van der Waals surface area contributed by atoms with Crippen molar-refractivity contribution < 1.29 is 5.11 Å². The molecule has 3 rings (SSSR count). The minimum Gasteiger partial charge on any atom is -0.388 e. The zero-order valence-corrected chi connectivity index (χ0v) is 10.5. The van der Waals surface area contributed by atoms with Crippen molar-refractivity contribution in [2.75, 3.05) is 0 Å². The number of hydrogen-bond donors (Lipinski definition) is 1. The van der Waals surface area contributed by atoms with E-state index in [1.165, 1.54) is 11.1 Å². The summed E-state index contributed by atoms with van der Waals surface area (Å²) in [6.45, 7) is 1.95. The molecule has 1 aliphatic carbocycles. The lowest BCUT2D eigenvalue weighted by molar-refractivity contribution is 0.152. The number of aliphatic hydroxyl groups is 1. The minimum absolute atomic E-state index is 0.406.